The molecule has 3 rings (SSSR count). The number of halogens is 1. The highest BCUT2D eigenvalue weighted by Gasteiger charge is 2.33. The number of anilines is 1. The lowest BCUT2D eigenvalue weighted by molar-refractivity contribution is -0.140. The third-order valence-electron chi connectivity index (χ3n) is 6.87. The van der Waals surface area contributed by atoms with Crippen molar-refractivity contribution < 1.29 is 18.0 Å². The molecule has 7 nitrogen and oxygen atoms in total. The molecular weight excluding hydrogens is 546 g/mol. The smallest absolute Gasteiger partial charge is 0.264 e. The number of rotatable bonds is 13. The van der Waals surface area contributed by atoms with Crippen molar-refractivity contribution >= 4 is 39.1 Å². The van der Waals surface area contributed by atoms with E-state index in [0.29, 0.717) is 23.7 Å². The molecule has 3 aromatic rings. The summed E-state index contributed by atoms with van der Waals surface area (Å²) in [7, 11) is -4.09. The van der Waals surface area contributed by atoms with Crippen LogP contribution in [0.4, 0.5) is 5.69 Å². The lowest BCUT2D eigenvalue weighted by Gasteiger charge is -2.33. The quantitative estimate of drug-likeness (QED) is 0.255. The molecular formula is C31H38ClN3O4S. The van der Waals surface area contributed by atoms with Crippen LogP contribution in [-0.4, -0.2) is 44.3 Å². The molecule has 1 N–H and O–H groups in total. The minimum Gasteiger partial charge on any atom is -0.354 e. The first-order valence-corrected chi connectivity index (χ1v) is 15.4. The minimum atomic E-state index is -4.09. The summed E-state index contributed by atoms with van der Waals surface area (Å²) < 4.78 is 28.9. The summed E-state index contributed by atoms with van der Waals surface area (Å²) in [5.74, 6) is -0.743. The number of unbranched alkanes of at least 4 members (excludes halogenated alkanes) is 1. The number of benzene rings is 3. The van der Waals surface area contributed by atoms with Gasteiger partial charge in [0.15, 0.2) is 0 Å². The van der Waals surface area contributed by atoms with Crippen LogP contribution in [0.2, 0.25) is 5.02 Å². The van der Waals surface area contributed by atoms with E-state index in [1.807, 2.05) is 33.8 Å². The molecule has 1 atom stereocenters. The molecule has 0 saturated heterocycles. The molecule has 0 aliphatic heterocycles. The van der Waals surface area contributed by atoms with Gasteiger partial charge in [-0.1, -0.05) is 68.3 Å². The van der Waals surface area contributed by atoms with E-state index in [1.165, 1.54) is 17.0 Å². The summed E-state index contributed by atoms with van der Waals surface area (Å²) >= 11 is 6.07. The Morgan fingerprint density at radius 1 is 0.925 bits per heavy atom. The largest absolute Gasteiger partial charge is 0.354 e. The summed E-state index contributed by atoms with van der Waals surface area (Å²) in [6.07, 6.45) is 2.11. The van der Waals surface area contributed by atoms with Crippen molar-refractivity contribution in [1.29, 1.82) is 0 Å². The van der Waals surface area contributed by atoms with Gasteiger partial charge in [0.1, 0.15) is 12.6 Å². The van der Waals surface area contributed by atoms with Gasteiger partial charge in [0.05, 0.1) is 10.6 Å². The van der Waals surface area contributed by atoms with Crippen LogP contribution in [0.25, 0.3) is 0 Å². The van der Waals surface area contributed by atoms with Gasteiger partial charge in [-0.2, -0.15) is 0 Å². The van der Waals surface area contributed by atoms with Gasteiger partial charge in [-0.05, 0) is 79.8 Å². The zero-order valence-electron chi connectivity index (χ0n) is 23.6. The van der Waals surface area contributed by atoms with E-state index in [2.05, 4.69) is 5.32 Å². The van der Waals surface area contributed by atoms with Gasteiger partial charge in [-0.3, -0.25) is 13.9 Å². The fraction of sp³-hybridized carbons (Fsp3) is 0.355. The van der Waals surface area contributed by atoms with Crippen molar-refractivity contribution in [3.05, 3.63) is 94.5 Å². The van der Waals surface area contributed by atoms with E-state index in [9.17, 15) is 18.0 Å². The highest BCUT2D eigenvalue weighted by atomic mass is 35.5. The van der Waals surface area contributed by atoms with E-state index in [1.54, 1.807) is 54.6 Å². The molecule has 0 heterocycles. The molecule has 214 valence electrons. The summed E-state index contributed by atoms with van der Waals surface area (Å²) in [5, 5.41) is 3.49. The summed E-state index contributed by atoms with van der Waals surface area (Å²) in [4.78, 5) is 28.9. The van der Waals surface area contributed by atoms with Crippen LogP contribution in [0.15, 0.2) is 77.7 Å². The average Bonchev–Trinajstić information content (AvgIpc) is 2.94. The Hall–Kier alpha value is -3.36. The Bertz CT molecular complexity index is 1400. The second-order valence-corrected chi connectivity index (χ2v) is 12.1. The molecule has 0 bridgehead atoms. The van der Waals surface area contributed by atoms with E-state index in [4.69, 9.17) is 11.6 Å². The van der Waals surface area contributed by atoms with Crippen LogP contribution in [0.3, 0.4) is 0 Å². The number of sulfonamides is 1. The Labute approximate surface area is 243 Å². The zero-order valence-corrected chi connectivity index (χ0v) is 25.1. The number of hydrogen-bond acceptors (Lipinski definition) is 4. The summed E-state index contributed by atoms with van der Waals surface area (Å²) in [6, 6.07) is 19.6. The zero-order chi connectivity index (χ0) is 29.3. The topological polar surface area (TPSA) is 86.8 Å². The number of nitrogens with one attached hydrogen (secondary N) is 1. The van der Waals surface area contributed by atoms with E-state index >= 15 is 0 Å². The maximum absolute atomic E-state index is 14.1. The van der Waals surface area contributed by atoms with Gasteiger partial charge in [-0.15, -0.1) is 0 Å². The van der Waals surface area contributed by atoms with Crippen molar-refractivity contribution in [2.45, 2.75) is 64.4 Å². The molecule has 2 amide bonds. The molecule has 0 spiro atoms. The van der Waals surface area contributed by atoms with Crippen LogP contribution in [0.1, 0.15) is 49.8 Å². The van der Waals surface area contributed by atoms with Crippen LogP contribution >= 0.6 is 11.6 Å². The van der Waals surface area contributed by atoms with Gasteiger partial charge >= 0.3 is 0 Å². The van der Waals surface area contributed by atoms with Crippen molar-refractivity contribution in [3.8, 4) is 0 Å². The molecule has 0 aromatic heterocycles. The van der Waals surface area contributed by atoms with Gasteiger partial charge in [0.2, 0.25) is 11.8 Å². The molecule has 0 aliphatic rings. The highest BCUT2D eigenvalue weighted by Crippen LogP contribution is 2.27. The van der Waals surface area contributed by atoms with Gasteiger partial charge in [-0.25, -0.2) is 8.42 Å². The Morgan fingerprint density at radius 3 is 2.20 bits per heavy atom. The second kappa shape index (κ2) is 14.3. The predicted octanol–water partition coefficient (Wildman–Crippen LogP) is 5.88. The molecule has 0 saturated carbocycles. The Balaban J connectivity index is 2.04. The maximum Gasteiger partial charge on any atom is 0.264 e. The van der Waals surface area contributed by atoms with Crippen molar-refractivity contribution in [2.24, 2.45) is 0 Å². The number of carbonyl (C=O) groups is 2. The lowest BCUT2D eigenvalue weighted by atomic mass is 10.1. The van der Waals surface area contributed by atoms with Crippen molar-refractivity contribution in [1.82, 2.24) is 10.2 Å². The van der Waals surface area contributed by atoms with E-state index < -0.39 is 28.5 Å². The van der Waals surface area contributed by atoms with E-state index in [-0.39, 0.29) is 17.3 Å². The average molecular weight is 584 g/mol. The van der Waals surface area contributed by atoms with Crippen LogP contribution < -0.4 is 9.62 Å². The fourth-order valence-electron chi connectivity index (χ4n) is 4.34. The van der Waals surface area contributed by atoms with Crippen molar-refractivity contribution in [3.63, 3.8) is 0 Å². The minimum absolute atomic E-state index is 0.0784. The monoisotopic (exact) mass is 583 g/mol. The van der Waals surface area contributed by atoms with Crippen LogP contribution in [-0.2, 0) is 26.2 Å². The molecule has 3 aromatic carbocycles. The number of amides is 2. The van der Waals surface area contributed by atoms with Gasteiger partial charge in [0, 0.05) is 18.1 Å². The lowest BCUT2D eigenvalue weighted by Crippen LogP contribution is -2.52. The Kier molecular flexibility index (Phi) is 11.2. The van der Waals surface area contributed by atoms with Crippen LogP contribution in [0, 0.1) is 13.8 Å². The first-order chi connectivity index (χ1) is 19.1. The fourth-order valence-corrected chi connectivity index (χ4v) is 5.89. The second-order valence-electron chi connectivity index (χ2n) is 9.81. The van der Waals surface area contributed by atoms with Crippen LogP contribution in [0.5, 0.6) is 0 Å². The van der Waals surface area contributed by atoms with Gasteiger partial charge < -0.3 is 10.2 Å². The molecule has 0 aliphatic carbocycles. The maximum atomic E-state index is 14.1. The third-order valence-corrected chi connectivity index (χ3v) is 8.91. The number of aryl methyl sites for hydroxylation is 2. The number of hydrogen-bond donors (Lipinski definition) is 1. The molecule has 40 heavy (non-hydrogen) atoms. The molecule has 0 unspecified atom stereocenters. The molecule has 0 fully saturated rings. The Morgan fingerprint density at radius 2 is 1.60 bits per heavy atom. The highest BCUT2D eigenvalue weighted by molar-refractivity contribution is 7.92. The number of nitrogens with zero attached hydrogens (tertiary/aromatic N) is 2. The SMILES string of the molecule is CCCCNC(=O)[C@H](CC)N(Cc1ccc(Cl)cc1)C(=O)CN(c1ccc(C)c(C)c1)S(=O)(=O)c1ccccc1. The van der Waals surface area contributed by atoms with Gasteiger partial charge in [0.25, 0.3) is 10.0 Å². The standard InChI is InChI=1S/C31H38ClN3O4S/c1-5-7-19-33-31(37)29(6-2)34(21-25-14-16-26(32)17-15-25)30(36)22-35(27-18-13-23(3)24(4)20-27)40(38,39)28-11-9-8-10-12-28/h8-18,20,29H,5-7,19,21-22H2,1-4H3,(H,33,37)/t29-/m0/s1. The first kappa shape index (κ1) is 31.2. The summed E-state index contributed by atoms with van der Waals surface area (Å²) in [6.45, 7) is 7.88. The summed E-state index contributed by atoms with van der Waals surface area (Å²) in [5.41, 5.74) is 3.07. The normalized spacial score (nSPS) is 12.0. The number of carbonyl (C=O) groups excluding carboxylic acids is 2. The molecule has 0 radical (unpaired) electrons. The predicted molar refractivity (Wildman–Crippen MR) is 161 cm³/mol. The first-order valence-electron chi connectivity index (χ1n) is 13.5. The van der Waals surface area contributed by atoms with Crippen molar-refractivity contribution in [2.75, 3.05) is 17.4 Å². The van der Waals surface area contributed by atoms with E-state index in [0.717, 1.165) is 33.8 Å². The molecule has 9 heteroatoms. The third kappa shape index (κ3) is 7.86.